The Kier molecular flexibility index (Phi) is 5.46. The van der Waals surface area contributed by atoms with Crippen LogP contribution in [-0.4, -0.2) is 38.5 Å². The molecule has 0 aromatic rings. The maximum absolute atomic E-state index is 6.00. The van der Waals surface area contributed by atoms with E-state index in [-0.39, 0.29) is 5.60 Å². The smallest absolute Gasteiger partial charge is 0.0939 e. The van der Waals surface area contributed by atoms with Gasteiger partial charge in [-0.2, -0.15) is 0 Å². The maximum Gasteiger partial charge on any atom is 0.0939 e. The van der Waals surface area contributed by atoms with Gasteiger partial charge in [0.15, 0.2) is 0 Å². The second-order valence-corrected chi connectivity index (χ2v) is 6.04. The van der Waals surface area contributed by atoms with Crippen molar-refractivity contribution in [1.29, 1.82) is 0 Å². The third-order valence-corrected chi connectivity index (χ3v) is 4.63. The quantitative estimate of drug-likeness (QED) is 0.791. The van der Waals surface area contributed by atoms with Crippen molar-refractivity contribution in [3.8, 4) is 0 Å². The highest BCUT2D eigenvalue weighted by atomic mass is 16.6. The molecule has 2 rings (SSSR count). The number of ether oxygens (including phenoxy) is 2. The van der Waals surface area contributed by atoms with Crippen LogP contribution in [0.15, 0.2) is 0 Å². The molecule has 3 unspecified atom stereocenters. The van der Waals surface area contributed by atoms with Crippen LogP contribution in [0.5, 0.6) is 0 Å². The van der Waals surface area contributed by atoms with Crippen LogP contribution in [0, 0.1) is 5.92 Å². The van der Waals surface area contributed by atoms with E-state index in [0.29, 0.717) is 6.04 Å². The lowest BCUT2D eigenvalue weighted by Gasteiger charge is -2.37. The molecule has 0 aromatic heterocycles. The molecule has 0 aliphatic carbocycles. The van der Waals surface area contributed by atoms with Crippen molar-refractivity contribution in [2.24, 2.45) is 5.92 Å². The predicted molar refractivity (Wildman–Crippen MR) is 73.8 cm³/mol. The Hall–Kier alpha value is -0.120. The lowest BCUT2D eigenvalue weighted by molar-refractivity contribution is -0.0992. The highest BCUT2D eigenvalue weighted by Gasteiger charge is 2.40. The van der Waals surface area contributed by atoms with E-state index in [1.54, 1.807) is 0 Å². The fourth-order valence-corrected chi connectivity index (χ4v) is 3.46. The Bertz CT molecular complexity index is 239. The Balaban J connectivity index is 1.75. The first-order valence-corrected chi connectivity index (χ1v) is 7.67. The second-order valence-electron chi connectivity index (χ2n) is 6.04. The minimum Gasteiger partial charge on any atom is -0.378 e. The van der Waals surface area contributed by atoms with Crippen LogP contribution in [0.1, 0.15) is 51.9 Å². The van der Waals surface area contributed by atoms with Gasteiger partial charge in [-0.3, -0.25) is 0 Å². The molecule has 0 aromatic carbocycles. The van der Waals surface area contributed by atoms with Gasteiger partial charge in [0.1, 0.15) is 0 Å². The van der Waals surface area contributed by atoms with Crippen LogP contribution in [0.2, 0.25) is 0 Å². The third-order valence-electron chi connectivity index (χ3n) is 4.63. The molecule has 106 valence electrons. The summed E-state index contributed by atoms with van der Waals surface area (Å²) in [5.41, 5.74) is 0.0861. The van der Waals surface area contributed by atoms with Crippen LogP contribution in [0.3, 0.4) is 0 Å². The Morgan fingerprint density at radius 1 is 1.33 bits per heavy atom. The van der Waals surface area contributed by atoms with Gasteiger partial charge in [-0.1, -0.05) is 13.3 Å². The van der Waals surface area contributed by atoms with Crippen LogP contribution in [0.25, 0.3) is 0 Å². The summed E-state index contributed by atoms with van der Waals surface area (Å²) < 4.78 is 11.5. The van der Waals surface area contributed by atoms with Crippen molar-refractivity contribution >= 4 is 0 Å². The first-order valence-electron chi connectivity index (χ1n) is 7.67. The van der Waals surface area contributed by atoms with Gasteiger partial charge < -0.3 is 14.8 Å². The summed E-state index contributed by atoms with van der Waals surface area (Å²) in [4.78, 5) is 0. The standard InChI is InChI=1S/C15H29NO2/c1-3-4-14(16-2)6-5-13-7-9-18-15(11-13)8-10-17-12-15/h13-14,16H,3-12H2,1-2H3. The van der Waals surface area contributed by atoms with E-state index >= 15 is 0 Å². The highest BCUT2D eigenvalue weighted by Crippen LogP contribution is 2.37. The van der Waals surface area contributed by atoms with Crippen LogP contribution in [-0.2, 0) is 9.47 Å². The molecule has 2 heterocycles. The molecule has 1 spiro atoms. The molecule has 1 N–H and O–H groups in total. The SMILES string of the molecule is CCCC(CCC1CCOC2(CCOC2)C1)NC. The Morgan fingerprint density at radius 2 is 2.22 bits per heavy atom. The summed E-state index contributed by atoms with van der Waals surface area (Å²) in [6.07, 6.45) is 8.79. The zero-order chi connectivity index (χ0) is 12.8. The molecule has 2 aliphatic rings. The normalized spacial score (nSPS) is 34.0. The lowest BCUT2D eigenvalue weighted by atomic mass is 9.82. The van der Waals surface area contributed by atoms with Crippen molar-refractivity contribution < 1.29 is 9.47 Å². The van der Waals surface area contributed by atoms with Gasteiger partial charge in [0.25, 0.3) is 0 Å². The number of hydrogen-bond donors (Lipinski definition) is 1. The molecule has 3 atom stereocenters. The monoisotopic (exact) mass is 255 g/mol. The van der Waals surface area contributed by atoms with E-state index in [0.717, 1.165) is 32.2 Å². The number of rotatable bonds is 6. The minimum atomic E-state index is 0.0861. The van der Waals surface area contributed by atoms with Gasteiger partial charge in [0.05, 0.1) is 12.2 Å². The zero-order valence-corrected chi connectivity index (χ0v) is 12.0. The molecule has 2 fully saturated rings. The van der Waals surface area contributed by atoms with Crippen molar-refractivity contribution in [1.82, 2.24) is 5.32 Å². The molecule has 0 saturated carbocycles. The molecule has 18 heavy (non-hydrogen) atoms. The summed E-state index contributed by atoms with van der Waals surface area (Å²) in [5.74, 6) is 0.841. The van der Waals surface area contributed by atoms with Gasteiger partial charge in [-0.25, -0.2) is 0 Å². The first kappa shape index (κ1) is 14.3. The molecule has 3 heteroatoms. The molecule has 0 radical (unpaired) electrons. The van der Waals surface area contributed by atoms with E-state index in [1.165, 1.54) is 38.5 Å². The third kappa shape index (κ3) is 3.69. The first-order chi connectivity index (χ1) is 8.78. The highest BCUT2D eigenvalue weighted by molar-refractivity contribution is 4.90. The molecule has 0 amide bonds. The van der Waals surface area contributed by atoms with Crippen LogP contribution >= 0.6 is 0 Å². The number of hydrogen-bond acceptors (Lipinski definition) is 3. The minimum absolute atomic E-state index is 0.0861. The average Bonchev–Trinajstić information content (AvgIpc) is 2.82. The van der Waals surface area contributed by atoms with Gasteiger partial charge in [0.2, 0.25) is 0 Å². The van der Waals surface area contributed by atoms with Crippen LogP contribution < -0.4 is 5.32 Å². The van der Waals surface area contributed by atoms with Crippen molar-refractivity contribution in [3.63, 3.8) is 0 Å². The van der Waals surface area contributed by atoms with Gasteiger partial charge in [-0.15, -0.1) is 0 Å². The Morgan fingerprint density at radius 3 is 2.89 bits per heavy atom. The summed E-state index contributed by atoms with van der Waals surface area (Å²) in [6, 6.07) is 0.702. The summed E-state index contributed by atoms with van der Waals surface area (Å²) in [7, 11) is 2.09. The summed E-state index contributed by atoms with van der Waals surface area (Å²) >= 11 is 0. The molecule has 0 bridgehead atoms. The summed E-state index contributed by atoms with van der Waals surface area (Å²) in [6.45, 7) is 4.92. The van der Waals surface area contributed by atoms with Gasteiger partial charge >= 0.3 is 0 Å². The largest absolute Gasteiger partial charge is 0.378 e. The lowest BCUT2D eigenvalue weighted by Crippen LogP contribution is -2.40. The van der Waals surface area contributed by atoms with Crippen LogP contribution in [0.4, 0.5) is 0 Å². The molecule has 3 nitrogen and oxygen atoms in total. The van der Waals surface area contributed by atoms with Gasteiger partial charge in [-0.05, 0) is 45.1 Å². The fourth-order valence-electron chi connectivity index (χ4n) is 3.46. The van der Waals surface area contributed by atoms with E-state index in [9.17, 15) is 0 Å². The maximum atomic E-state index is 6.00. The van der Waals surface area contributed by atoms with Gasteiger partial charge in [0, 0.05) is 25.7 Å². The molecule has 2 saturated heterocycles. The molecular formula is C15H29NO2. The van der Waals surface area contributed by atoms with E-state index in [4.69, 9.17) is 9.47 Å². The second kappa shape index (κ2) is 6.88. The Labute approximate surface area is 112 Å². The van der Waals surface area contributed by atoms with Crippen molar-refractivity contribution in [3.05, 3.63) is 0 Å². The average molecular weight is 255 g/mol. The van der Waals surface area contributed by atoms with E-state index in [1.807, 2.05) is 0 Å². The summed E-state index contributed by atoms with van der Waals surface area (Å²) in [5, 5.41) is 3.45. The zero-order valence-electron chi connectivity index (χ0n) is 12.0. The van der Waals surface area contributed by atoms with Crippen molar-refractivity contribution in [2.45, 2.75) is 63.5 Å². The predicted octanol–water partition coefficient (Wildman–Crippen LogP) is 2.74. The van der Waals surface area contributed by atoms with E-state index < -0.39 is 0 Å². The van der Waals surface area contributed by atoms with E-state index in [2.05, 4.69) is 19.3 Å². The fraction of sp³-hybridized carbons (Fsp3) is 1.00. The van der Waals surface area contributed by atoms with Crippen molar-refractivity contribution in [2.75, 3.05) is 26.9 Å². The number of nitrogens with one attached hydrogen (secondary N) is 1. The topological polar surface area (TPSA) is 30.5 Å². The molecular weight excluding hydrogens is 226 g/mol. The molecule has 2 aliphatic heterocycles.